The third kappa shape index (κ3) is 4.33. The maximum atomic E-state index is 11.6. The molecule has 0 bridgehead atoms. The molecular weight excluding hydrogens is 227 g/mol. The van der Waals surface area contributed by atoms with Gasteiger partial charge >= 0.3 is 6.18 Å². The molecule has 1 heterocycles. The summed E-state index contributed by atoms with van der Waals surface area (Å²) in [5.74, 6) is 0. The lowest BCUT2D eigenvalue weighted by Crippen LogP contribution is -2.12. The first-order chi connectivity index (χ1) is 5.97. The molecule has 7 heteroatoms. The van der Waals surface area contributed by atoms with Gasteiger partial charge in [-0.3, -0.25) is 0 Å². The molecule has 0 aliphatic carbocycles. The monoisotopic (exact) mass is 231 g/mol. The molecule has 0 aromatic carbocycles. The Kier molecular flexibility index (Phi) is 3.38. The molecule has 0 amide bonds. The average Bonchev–Trinajstić information content (AvgIpc) is 2.33. The molecular formula is C6H5ClF3NOS. The number of ether oxygens (including phenoxy) is 1. The Hall–Kier alpha value is -0.490. The van der Waals surface area contributed by atoms with Gasteiger partial charge in [0.15, 0.2) is 0 Å². The lowest BCUT2D eigenvalue weighted by atomic mass is 10.4. The molecule has 0 radical (unpaired) electrons. The van der Waals surface area contributed by atoms with Gasteiger partial charge in [0.05, 0.1) is 13.0 Å². The molecule has 0 aliphatic rings. The van der Waals surface area contributed by atoms with Gasteiger partial charge in [0.2, 0.25) is 0 Å². The van der Waals surface area contributed by atoms with E-state index in [1.54, 1.807) is 0 Å². The van der Waals surface area contributed by atoms with Crippen molar-refractivity contribution in [3.05, 3.63) is 10.5 Å². The number of nitrogens with zero attached hydrogens (tertiary/aromatic N) is 1. The van der Waals surface area contributed by atoms with Crippen LogP contribution < -0.4 is 4.74 Å². The van der Waals surface area contributed by atoms with Crippen LogP contribution in [0, 0.1) is 0 Å². The van der Waals surface area contributed by atoms with Gasteiger partial charge in [0.1, 0.15) is 5.15 Å². The van der Waals surface area contributed by atoms with E-state index in [0.29, 0.717) is 0 Å². The van der Waals surface area contributed by atoms with Gasteiger partial charge in [0.25, 0.3) is 5.19 Å². The normalized spacial score (nSPS) is 11.7. The summed E-state index contributed by atoms with van der Waals surface area (Å²) in [5, 5.41) is 1.88. The van der Waals surface area contributed by atoms with Crippen molar-refractivity contribution in [2.24, 2.45) is 0 Å². The predicted molar refractivity (Wildman–Crippen MR) is 43.3 cm³/mol. The minimum absolute atomic E-state index is 0.161. The molecule has 0 fully saturated rings. The Morgan fingerprint density at radius 3 is 2.69 bits per heavy atom. The number of halogens is 4. The average molecular weight is 232 g/mol. The largest absolute Gasteiger partial charge is 0.470 e. The highest BCUT2D eigenvalue weighted by molar-refractivity contribution is 7.11. The lowest BCUT2D eigenvalue weighted by molar-refractivity contribution is -0.139. The highest BCUT2D eigenvalue weighted by Crippen LogP contribution is 2.23. The maximum absolute atomic E-state index is 11.6. The number of aromatic nitrogens is 1. The van der Waals surface area contributed by atoms with Crippen LogP contribution in [0.25, 0.3) is 0 Å². The van der Waals surface area contributed by atoms with Crippen molar-refractivity contribution in [3.63, 3.8) is 0 Å². The summed E-state index contributed by atoms with van der Waals surface area (Å²) in [6, 6.07) is 0. The standard InChI is InChI=1S/C6H5ClF3NOS/c7-4-3-13-5(11-4)12-2-1-6(8,9)10/h3H,1-2H2. The molecule has 0 saturated carbocycles. The molecule has 0 saturated heterocycles. The van der Waals surface area contributed by atoms with Crippen LogP contribution in [0.1, 0.15) is 6.42 Å². The number of alkyl halides is 3. The second-order valence-corrected chi connectivity index (χ2v) is 3.36. The molecule has 2 nitrogen and oxygen atoms in total. The zero-order valence-corrected chi connectivity index (χ0v) is 7.84. The van der Waals surface area contributed by atoms with Crippen molar-refractivity contribution >= 4 is 22.9 Å². The third-order valence-corrected chi connectivity index (χ3v) is 2.14. The number of hydrogen-bond donors (Lipinski definition) is 0. The van der Waals surface area contributed by atoms with Crippen LogP contribution in [0.15, 0.2) is 5.38 Å². The zero-order valence-electron chi connectivity index (χ0n) is 6.27. The fourth-order valence-electron chi connectivity index (χ4n) is 0.559. The van der Waals surface area contributed by atoms with Crippen molar-refractivity contribution < 1.29 is 17.9 Å². The van der Waals surface area contributed by atoms with Gasteiger partial charge < -0.3 is 4.74 Å². The Morgan fingerprint density at radius 2 is 2.23 bits per heavy atom. The second kappa shape index (κ2) is 4.15. The van der Waals surface area contributed by atoms with Crippen LogP contribution in [0.3, 0.4) is 0 Å². The fraction of sp³-hybridized carbons (Fsp3) is 0.500. The molecule has 1 aromatic heterocycles. The highest BCUT2D eigenvalue weighted by atomic mass is 35.5. The predicted octanol–water partition coefficient (Wildman–Crippen LogP) is 3.13. The first-order valence-corrected chi connectivity index (χ1v) is 4.54. The van der Waals surface area contributed by atoms with Gasteiger partial charge in [-0.1, -0.05) is 22.9 Å². The molecule has 0 N–H and O–H groups in total. The third-order valence-electron chi connectivity index (χ3n) is 1.07. The molecule has 0 unspecified atom stereocenters. The minimum Gasteiger partial charge on any atom is -0.470 e. The van der Waals surface area contributed by atoms with Crippen molar-refractivity contribution in [1.82, 2.24) is 4.98 Å². The first-order valence-electron chi connectivity index (χ1n) is 3.28. The summed E-state index contributed by atoms with van der Waals surface area (Å²) in [6.07, 6.45) is -5.18. The minimum atomic E-state index is -4.19. The number of hydrogen-bond acceptors (Lipinski definition) is 3. The molecule has 13 heavy (non-hydrogen) atoms. The van der Waals surface area contributed by atoms with Crippen LogP contribution in [-0.2, 0) is 0 Å². The molecule has 0 spiro atoms. The Balaban J connectivity index is 2.28. The zero-order chi connectivity index (χ0) is 9.90. The van der Waals surface area contributed by atoms with Gasteiger partial charge in [-0.15, -0.1) is 0 Å². The van der Waals surface area contributed by atoms with Crippen molar-refractivity contribution in [2.75, 3.05) is 6.61 Å². The lowest BCUT2D eigenvalue weighted by Gasteiger charge is -2.05. The van der Waals surface area contributed by atoms with Crippen molar-refractivity contribution in [3.8, 4) is 5.19 Å². The topological polar surface area (TPSA) is 22.1 Å². The molecule has 1 aromatic rings. The summed E-state index contributed by atoms with van der Waals surface area (Å²) in [6.45, 7) is -0.423. The van der Waals surface area contributed by atoms with E-state index < -0.39 is 19.2 Å². The summed E-state index contributed by atoms with van der Waals surface area (Å²) >= 11 is 6.49. The molecule has 0 aliphatic heterocycles. The number of rotatable bonds is 3. The fourth-order valence-corrected chi connectivity index (χ4v) is 1.37. The Bertz CT molecular complexity index is 275. The van der Waals surface area contributed by atoms with E-state index in [4.69, 9.17) is 16.3 Å². The van der Waals surface area contributed by atoms with Crippen molar-refractivity contribution in [2.45, 2.75) is 12.6 Å². The van der Waals surface area contributed by atoms with E-state index in [1.807, 2.05) is 0 Å². The highest BCUT2D eigenvalue weighted by Gasteiger charge is 2.26. The van der Waals surface area contributed by atoms with E-state index in [0.717, 1.165) is 11.3 Å². The van der Waals surface area contributed by atoms with Gasteiger partial charge in [-0.05, 0) is 0 Å². The summed E-state index contributed by atoms with van der Waals surface area (Å²) in [7, 11) is 0. The summed E-state index contributed by atoms with van der Waals surface area (Å²) < 4.78 is 39.6. The van der Waals surface area contributed by atoms with Crippen LogP contribution >= 0.6 is 22.9 Å². The summed E-state index contributed by atoms with van der Waals surface area (Å²) in [5.41, 5.74) is 0. The summed E-state index contributed by atoms with van der Waals surface area (Å²) in [4.78, 5) is 3.62. The molecule has 0 atom stereocenters. The van der Waals surface area contributed by atoms with E-state index in [9.17, 15) is 13.2 Å². The van der Waals surface area contributed by atoms with Crippen LogP contribution in [-0.4, -0.2) is 17.8 Å². The second-order valence-electron chi connectivity index (χ2n) is 2.15. The first kappa shape index (κ1) is 10.6. The van der Waals surface area contributed by atoms with Gasteiger partial charge in [-0.2, -0.15) is 18.2 Å². The molecule has 1 rings (SSSR count). The van der Waals surface area contributed by atoms with Crippen LogP contribution in [0.5, 0.6) is 5.19 Å². The maximum Gasteiger partial charge on any atom is 0.392 e. The van der Waals surface area contributed by atoms with E-state index in [2.05, 4.69) is 4.98 Å². The van der Waals surface area contributed by atoms with E-state index >= 15 is 0 Å². The van der Waals surface area contributed by atoms with Crippen LogP contribution in [0.4, 0.5) is 13.2 Å². The van der Waals surface area contributed by atoms with E-state index in [1.165, 1.54) is 5.38 Å². The SMILES string of the molecule is FC(F)(F)CCOc1nc(Cl)cs1. The van der Waals surface area contributed by atoms with E-state index in [-0.39, 0.29) is 10.3 Å². The van der Waals surface area contributed by atoms with Crippen LogP contribution in [0.2, 0.25) is 5.15 Å². The Morgan fingerprint density at radius 1 is 1.54 bits per heavy atom. The number of thiazole rings is 1. The Labute approximate surface area is 81.3 Å². The van der Waals surface area contributed by atoms with Crippen molar-refractivity contribution in [1.29, 1.82) is 0 Å². The van der Waals surface area contributed by atoms with Gasteiger partial charge in [0, 0.05) is 5.38 Å². The smallest absolute Gasteiger partial charge is 0.392 e. The molecule has 74 valence electrons. The quantitative estimate of drug-likeness (QED) is 0.797. The van der Waals surface area contributed by atoms with Gasteiger partial charge in [-0.25, -0.2) is 0 Å².